The molecule has 1 heteroatoms. The first-order chi connectivity index (χ1) is 11.8. The van der Waals surface area contributed by atoms with Gasteiger partial charge in [-0.3, -0.25) is 0 Å². The van der Waals surface area contributed by atoms with Gasteiger partial charge in [-0.05, 0) is 71.6 Å². The van der Waals surface area contributed by atoms with E-state index in [0.717, 1.165) is 12.0 Å². The van der Waals surface area contributed by atoms with Crippen molar-refractivity contribution in [2.24, 2.45) is 11.3 Å². The topological polar surface area (TPSA) is 12.0 Å². The molecule has 0 bridgehead atoms. The first-order valence-electron chi connectivity index (χ1n) is 9.65. The molecule has 1 aliphatic carbocycles. The van der Waals surface area contributed by atoms with Crippen molar-refractivity contribution in [3.05, 3.63) is 65.4 Å². The molecule has 1 aliphatic rings. The molecule has 1 aromatic carbocycles. The first kappa shape index (κ1) is 19.6. The molecule has 0 radical (unpaired) electrons. The molecule has 0 unspecified atom stereocenters. The monoisotopic (exact) mass is 337 g/mol. The zero-order valence-electron chi connectivity index (χ0n) is 16.8. The first-order valence-corrected chi connectivity index (χ1v) is 9.65. The van der Waals surface area contributed by atoms with E-state index in [1.165, 1.54) is 48.0 Å². The lowest BCUT2D eigenvalue weighted by Crippen LogP contribution is -2.13. The van der Waals surface area contributed by atoms with Crippen LogP contribution >= 0.6 is 0 Å². The minimum Gasteiger partial charge on any atom is -0.394 e. The average molecular weight is 338 g/mol. The second kappa shape index (κ2) is 8.56. The molecule has 0 aromatic heterocycles. The molecule has 0 amide bonds. The summed E-state index contributed by atoms with van der Waals surface area (Å²) in [4.78, 5) is 0. The second-order valence-electron chi connectivity index (χ2n) is 8.62. The lowest BCUT2D eigenvalue weighted by molar-refractivity contribution is 0.407. The van der Waals surface area contributed by atoms with Gasteiger partial charge in [-0.15, -0.1) is 0 Å². The molecule has 1 N–H and O–H groups in total. The predicted octanol–water partition coefficient (Wildman–Crippen LogP) is 6.66. The Bertz CT molecular complexity index is 649. The highest BCUT2D eigenvalue weighted by Crippen LogP contribution is 2.39. The molecule has 25 heavy (non-hydrogen) atoms. The fourth-order valence-corrected chi connectivity index (χ4v) is 3.89. The molecule has 1 saturated carbocycles. The van der Waals surface area contributed by atoms with Crippen LogP contribution < -0.4 is 5.32 Å². The molecule has 1 nitrogen and oxygen atoms in total. The van der Waals surface area contributed by atoms with Crippen molar-refractivity contribution in [3.63, 3.8) is 0 Å². The van der Waals surface area contributed by atoms with Gasteiger partial charge in [-0.1, -0.05) is 70.5 Å². The lowest BCUT2D eigenvalue weighted by atomic mass is 9.80. The van der Waals surface area contributed by atoms with Crippen LogP contribution in [0.4, 0.5) is 0 Å². The third-order valence-corrected chi connectivity index (χ3v) is 5.03. The van der Waals surface area contributed by atoms with Gasteiger partial charge >= 0.3 is 0 Å². The van der Waals surface area contributed by atoms with Crippen molar-refractivity contribution in [1.82, 2.24) is 5.32 Å². The van der Waals surface area contributed by atoms with Crippen LogP contribution in [0.3, 0.4) is 0 Å². The van der Waals surface area contributed by atoms with E-state index >= 15 is 0 Å². The minimum absolute atomic E-state index is 0.253. The van der Waals surface area contributed by atoms with E-state index in [4.69, 9.17) is 0 Å². The van der Waals surface area contributed by atoms with Gasteiger partial charge in [0.05, 0.1) is 0 Å². The Morgan fingerprint density at radius 3 is 2.40 bits per heavy atom. The van der Waals surface area contributed by atoms with Crippen molar-refractivity contribution in [2.75, 3.05) is 7.05 Å². The molecular weight excluding hydrogens is 302 g/mol. The molecule has 0 spiro atoms. The third-order valence-electron chi connectivity index (χ3n) is 5.03. The van der Waals surface area contributed by atoms with Crippen molar-refractivity contribution in [3.8, 4) is 0 Å². The Morgan fingerprint density at radius 2 is 1.84 bits per heavy atom. The summed E-state index contributed by atoms with van der Waals surface area (Å²) in [5.74, 6) is 0.686. The predicted molar refractivity (Wildman–Crippen MR) is 111 cm³/mol. The fourth-order valence-electron chi connectivity index (χ4n) is 3.89. The van der Waals surface area contributed by atoms with Crippen LogP contribution in [0.25, 0.3) is 5.57 Å². The summed E-state index contributed by atoms with van der Waals surface area (Å²) in [5.41, 5.74) is 6.86. The van der Waals surface area contributed by atoms with Crippen LogP contribution in [0.2, 0.25) is 0 Å². The maximum atomic E-state index is 4.40. The Hall–Kier alpha value is -1.76. The van der Waals surface area contributed by atoms with E-state index in [-0.39, 0.29) is 5.41 Å². The zero-order valence-corrected chi connectivity index (χ0v) is 16.8. The molecule has 0 saturated heterocycles. The van der Waals surface area contributed by atoms with Crippen molar-refractivity contribution >= 4 is 5.57 Å². The highest BCUT2D eigenvalue weighted by Gasteiger charge is 2.25. The number of nitrogens with one attached hydrogen (secondary N) is 1. The molecule has 0 atom stereocenters. The van der Waals surface area contributed by atoms with Crippen LogP contribution in [0.1, 0.15) is 64.0 Å². The average Bonchev–Trinajstić information content (AvgIpc) is 3.05. The fraction of sp³-hybridized carbons (Fsp3) is 0.500. The van der Waals surface area contributed by atoms with Crippen LogP contribution in [0.15, 0.2) is 54.3 Å². The summed E-state index contributed by atoms with van der Waals surface area (Å²) in [6.07, 6.45) is 11.0. The normalized spacial score (nSPS) is 17.0. The van der Waals surface area contributed by atoms with E-state index in [1.807, 2.05) is 7.05 Å². The number of rotatable bonds is 6. The molecule has 2 rings (SSSR count). The second-order valence-corrected chi connectivity index (χ2v) is 8.62. The highest BCUT2D eigenvalue weighted by atomic mass is 14.8. The van der Waals surface area contributed by atoms with Crippen molar-refractivity contribution < 1.29 is 0 Å². The van der Waals surface area contributed by atoms with Crippen molar-refractivity contribution in [2.45, 2.75) is 59.8 Å². The number of benzene rings is 1. The van der Waals surface area contributed by atoms with E-state index in [0.29, 0.717) is 5.92 Å². The standard InChI is InChI=1S/C24H35N/c1-18-11-7-10-14-22(18)19(2)15-21(16-24(3,4)5)23(17-25-6)20-12-8-9-13-20/h7,10-11,14-15,17,20,25H,2,8-9,12-13,16H2,1,3-6H3/b21-15-,23-17-. The van der Waals surface area contributed by atoms with Crippen LogP contribution in [-0.4, -0.2) is 7.05 Å². The van der Waals surface area contributed by atoms with Gasteiger partial charge in [0.1, 0.15) is 0 Å². The Labute approximate surface area is 154 Å². The smallest absolute Gasteiger partial charge is 0.00278 e. The van der Waals surface area contributed by atoms with Gasteiger partial charge in [0.2, 0.25) is 0 Å². The zero-order chi connectivity index (χ0) is 18.4. The summed E-state index contributed by atoms with van der Waals surface area (Å²) >= 11 is 0. The van der Waals surface area contributed by atoms with Crippen molar-refractivity contribution in [1.29, 1.82) is 0 Å². The van der Waals surface area contributed by atoms with Gasteiger partial charge in [-0.2, -0.15) is 0 Å². The molecule has 1 aromatic rings. The van der Waals surface area contributed by atoms with E-state index in [2.05, 4.69) is 76.1 Å². The molecule has 0 aliphatic heterocycles. The Kier molecular flexibility index (Phi) is 6.70. The van der Waals surface area contributed by atoms with Crippen LogP contribution in [-0.2, 0) is 0 Å². The van der Waals surface area contributed by atoms with Gasteiger partial charge in [0, 0.05) is 7.05 Å². The van der Waals surface area contributed by atoms with Crippen LogP contribution in [0.5, 0.6) is 0 Å². The molecule has 0 heterocycles. The SMILES string of the molecule is C=C(/C=C(CC(C)(C)C)\C(=C/NC)C1CCCC1)c1ccccc1C. The maximum Gasteiger partial charge on any atom is 0.00278 e. The highest BCUT2D eigenvalue weighted by molar-refractivity contribution is 5.75. The van der Waals surface area contributed by atoms with E-state index in [9.17, 15) is 0 Å². The third kappa shape index (κ3) is 5.63. The van der Waals surface area contributed by atoms with Gasteiger partial charge in [0.25, 0.3) is 0 Å². The minimum atomic E-state index is 0.253. The van der Waals surface area contributed by atoms with Crippen LogP contribution in [0, 0.1) is 18.3 Å². The summed E-state index contributed by atoms with van der Waals surface area (Å²) in [6, 6.07) is 8.54. The number of hydrogen-bond acceptors (Lipinski definition) is 1. The Balaban J connectivity index is 2.42. The molecule has 136 valence electrons. The number of allylic oxidation sites excluding steroid dienone is 4. The molecular formula is C24H35N. The quantitative estimate of drug-likeness (QED) is 0.572. The molecule has 1 fully saturated rings. The number of hydrogen-bond donors (Lipinski definition) is 1. The number of aryl methyl sites for hydroxylation is 1. The summed E-state index contributed by atoms with van der Waals surface area (Å²) in [6.45, 7) is 13.5. The van der Waals surface area contributed by atoms with E-state index < -0.39 is 0 Å². The largest absolute Gasteiger partial charge is 0.394 e. The van der Waals surface area contributed by atoms with Gasteiger partial charge < -0.3 is 5.32 Å². The Morgan fingerprint density at radius 1 is 1.20 bits per heavy atom. The summed E-state index contributed by atoms with van der Waals surface area (Å²) < 4.78 is 0. The van der Waals surface area contributed by atoms with E-state index in [1.54, 1.807) is 0 Å². The van der Waals surface area contributed by atoms with Gasteiger partial charge in [-0.25, -0.2) is 0 Å². The maximum absolute atomic E-state index is 4.40. The summed E-state index contributed by atoms with van der Waals surface area (Å²) in [7, 11) is 2.01. The van der Waals surface area contributed by atoms with Gasteiger partial charge in [0.15, 0.2) is 0 Å². The lowest BCUT2D eigenvalue weighted by Gasteiger charge is -2.26. The summed E-state index contributed by atoms with van der Waals surface area (Å²) in [5, 5.41) is 3.30.